The fraction of sp³-hybridized carbons (Fsp3) is 0.312. The lowest BCUT2D eigenvalue weighted by Gasteiger charge is -2.12. The number of nitrogens with zero attached hydrogens (tertiary/aromatic N) is 1. The Hall–Kier alpha value is -1.39. The molecule has 2 rings (SSSR count). The molecule has 0 spiro atoms. The van der Waals surface area contributed by atoms with Crippen molar-refractivity contribution in [3.63, 3.8) is 0 Å². The van der Waals surface area contributed by atoms with Crippen molar-refractivity contribution in [2.75, 3.05) is 0 Å². The number of nitrogens with two attached hydrogens (primary N) is 1. The maximum atomic E-state index is 5.97. The minimum atomic E-state index is 0.210. The van der Waals surface area contributed by atoms with Crippen molar-refractivity contribution in [1.29, 1.82) is 0 Å². The summed E-state index contributed by atoms with van der Waals surface area (Å²) in [5.74, 6) is 0.824. The van der Waals surface area contributed by atoms with E-state index in [-0.39, 0.29) is 6.04 Å². The topological polar surface area (TPSA) is 48.1 Å². The van der Waals surface area contributed by atoms with Crippen LogP contribution in [0.5, 0.6) is 5.75 Å². The Morgan fingerprint density at radius 1 is 1.30 bits per heavy atom. The SMILES string of the molecule is CCC(N)Cc1ccc(OCc2ccccn2)c(Br)c1. The zero-order valence-corrected chi connectivity index (χ0v) is 13.1. The summed E-state index contributed by atoms with van der Waals surface area (Å²) in [7, 11) is 0. The molecule has 20 heavy (non-hydrogen) atoms. The average Bonchev–Trinajstić information content (AvgIpc) is 2.47. The smallest absolute Gasteiger partial charge is 0.134 e. The summed E-state index contributed by atoms with van der Waals surface area (Å²) in [6.45, 7) is 2.57. The number of hydrogen-bond acceptors (Lipinski definition) is 3. The number of hydrogen-bond donors (Lipinski definition) is 1. The Morgan fingerprint density at radius 3 is 2.80 bits per heavy atom. The molecule has 1 heterocycles. The molecule has 0 saturated heterocycles. The predicted octanol–water partition coefficient (Wildman–Crippen LogP) is 3.70. The van der Waals surface area contributed by atoms with Crippen molar-refractivity contribution in [3.05, 3.63) is 58.3 Å². The number of halogens is 1. The van der Waals surface area contributed by atoms with E-state index >= 15 is 0 Å². The highest BCUT2D eigenvalue weighted by molar-refractivity contribution is 9.10. The summed E-state index contributed by atoms with van der Waals surface area (Å²) >= 11 is 3.55. The zero-order valence-electron chi connectivity index (χ0n) is 11.6. The second kappa shape index (κ2) is 7.41. The van der Waals surface area contributed by atoms with Gasteiger partial charge in [0.15, 0.2) is 0 Å². The normalized spacial score (nSPS) is 12.2. The Morgan fingerprint density at radius 2 is 2.15 bits per heavy atom. The fourth-order valence-corrected chi connectivity index (χ4v) is 2.41. The first-order valence-corrected chi connectivity index (χ1v) is 7.55. The van der Waals surface area contributed by atoms with Gasteiger partial charge in [-0.3, -0.25) is 4.98 Å². The second-order valence-corrected chi connectivity index (χ2v) is 5.60. The molecule has 0 aliphatic rings. The molecule has 0 amide bonds. The van der Waals surface area contributed by atoms with E-state index < -0.39 is 0 Å². The number of ether oxygens (including phenoxy) is 1. The van der Waals surface area contributed by atoms with Gasteiger partial charge in [0.1, 0.15) is 12.4 Å². The van der Waals surface area contributed by atoms with Crippen molar-refractivity contribution in [1.82, 2.24) is 4.98 Å². The minimum absolute atomic E-state index is 0.210. The molecule has 1 aromatic heterocycles. The van der Waals surface area contributed by atoms with Crippen molar-refractivity contribution in [2.24, 2.45) is 5.73 Å². The predicted molar refractivity (Wildman–Crippen MR) is 84.7 cm³/mol. The van der Waals surface area contributed by atoms with Gasteiger partial charge in [0.2, 0.25) is 0 Å². The lowest BCUT2D eigenvalue weighted by atomic mass is 10.0. The van der Waals surface area contributed by atoms with Crippen LogP contribution < -0.4 is 10.5 Å². The molecule has 1 atom stereocenters. The zero-order chi connectivity index (χ0) is 14.4. The van der Waals surface area contributed by atoms with Crippen LogP contribution in [0.3, 0.4) is 0 Å². The Labute approximate surface area is 128 Å². The highest BCUT2D eigenvalue weighted by atomic mass is 79.9. The number of benzene rings is 1. The quantitative estimate of drug-likeness (QED) is 0.876. The molecule has 4 heteroatoms. The first kappa shape index (κ1) is 15.0. The van der Waals surface area contributed by atoms with Gasteiger partial charge >= 0.3 is 0 Å². The summed E-state index contributed by atoms with van der Waals surface area (Å²) in [6.07, 6.45) is 3.63. The molecule has 106 valence electrons. The van der Waals surface area contributed by atoms with E-state index in [1.807, 2.05) is 24.3 Å². The molecule has 0 aliphatic carbocycles. The maximum Gasteiger partial charge on any atom is 0.134 e. The number of pyridine rings is 1. The summed E-state index contributed by atoms with van der Waals surface area (Å²) in [5, 5.41) is 0. The summed E-state index contributed by atoms with van der Waals surface area (Å²) in [5.41, 5.74) is 8.11. The van der Waals surface area contributed by atoms with E-state index in [2.05, 4.69) is 40.0 Å². The molecule has 0 fully saturated rings. The first-order chi connectivity index (χ1) is 9.69. The van der Waals surface area contributed by atoms with Crippen molar-refractivity contribution >= 4 is 15.9 Å². The van der Waals surface area contributed by atoms with Gasteiger partial charge in [-0.2, -0.15) is 0 Å². The van der Waals surface area contributed by atoms with Gasteiger partial charge < -0.3 is 10.5 Å². The van der Waals surface area contributed by atoms with Crippen LogP contribution in [-0.2, 0) is 13.0 Å². The molecular weight excluding hydrogens is 316 g/mol. The summed E-state index contributed by atoms with van der Waals surface area (Å²) in [4.78, 5) is 4.23. The van der Waals surface area contributed by atoms with Crippen molar-refractivity contribution in [2.45, 2.75) is 32.4 Å². The van der Waals surface area contributed by atoms with E-state index in [0.29, 0.717) is 6.61 Å². The first-order valence-electron chi connectivity index (χ1n) is 6.75. The Balaban J connectivity index is 1.99. The van der Waals surface area contributed by atoms with Crippen LogP contribution in [0.15, 0.2) is 47.1 Å². The summed E-state index contributed by atoms with van der Waals surface area (Å²) < 4.78 is 6.72. The van der Waals surface area contributed by atoms with Gasteiger partial charge in [0.25, 0.3) is 0 Å². The Kier molecular flexibility index (Phi) is 5.56. The summed E-state index contributed by atoms with van der Waals surface area (Å²) in [6, 6.07) is 12.1. The van der Waals surface area contributed by atoms with Crippen LogP contribution in [0.2, 0.25) is 0 Å². The molecule has 1 unspecified atom stereocenters. The monoisotopic (exact) mass is 334 g/mol. The Bertz CT molecular complexity index is 545. The van der Waals surface area contributed by atoms with Crippen LogP contribution in [0.1, 0.15) is 24.6 Å². The molecule has 0 radical (unpaired) electrons. The van der Waals surface area contributed by atoms with Gasteiger partial charge in [0, 0.05) is 12.2 Å². The van der Waals surface area contributed by atoms with E-state index in [0.717, 1.165) is 28.8 Å². The van der Waals surface area contributed by atoms with Gasteiger partial charge in [-0.25, -0.2) is 0 Å². The van der Waals surface area contributed by atoms with Crippen molar-refractivity contribution < 1.29 is 4.74 Å². The van der Waals surface area contributed by atoms with Crippen LogP contribution in [0.25, 0.3) is 0 Å². The number of rotatable bonds is 6. The molecule has 0 aliphatic heterocycles. The van der Waals surface area contributed by atoms with Crippen LogP contribution in [0, 0.1) is 0 Å². The van der Waals surface area contributed by atoms with Crippen LogP contribution >= 0.6 is 15.9 Å². The molecule has 3 nitrogen and oxygen atoms in total. The lowest BCUT2D eigenvalue weighted by Crippen LogP contribution is -2.21. The van der Waals surface area contributed by atoms with Crippen molar-refractivity contribution in [3.8, 4) is 5.75 Å². The second-order valence-electron chi connectivity index (χ2n) is 4.75. The van der Waals surface area contributed by atoms with E-state index in [4.69, 9.17) is 10.5 Å². The van der Waals surface area contributed by atoms with Crippen LogP contribution in [0.4, 0.5) is 0 Å². The molecule has 0 bridgehead atoms. The van der Waals surface area contributed by atoms with Gasteiger partial charge in [-0.15, -0.1) is 0 Å². The highest BCUT2D eigenvalue weighted by Crippen LogP contribution is 2.27. The van der Waals surface area contributed by atoms with E-state index in [1.54, 1.807) is 6.20 Å². The van der Waals surface area contributed by atoms with E-state index in [1.165, 1.54) is 5.56 Å². The van der Waals surface area contributed by atoms with Crippen LogP contribution in [-0.4, -0.2) is 11.0 Å². The molecule has 1 aromatic carbocycles. The third-order valence-electron chi connectivity index (χ3n) is 3.12. The van der Waals surface area contributed by atoms with E-state index in [9.17, 15) is 0 Å². The largest absolute Gasteiger partial charge is 0.486 e. The fourth-order valence-electron chi connectivity index (χ4n) is 1.87. The molecule has 2 aromatic rings. The standard InChI is InChI=1S/C16H19BrN2O/c1-2-13(18)9-12-6-7-16(15(17)10-12)20-11-14-5-3-4-8-19-14/h3-8,10,13H,2,9,11,18H2,1H3. The minimum Gasteiger partial charge on any atom is -0.486 e. The van der Waals surface area contributed by atoms with Gasteiger partial charge in [0.05, 0.1) is 10.2 Å². The van der Waals surface area contributed by atoms with Gasteiger partial charge in [-0.05, 0) is 58.6 Å². The lowest BCUT2D eigenvalue weighted by molar-refractivity contribution is 0.299. The number of aromatic nitrogens is 1. The highest BCUT2D eigenvalue weighted by Gasteiger charge is 2.06. The molecule has 0 saturated carbocycles. The third kappa shape index (κ3) is 4.32. The molecular formula is C16H19BrN2O. The molecule has 2 N–H and O–H groups in total. The maximum absolute atomic E-state index is 5.97. The third-order valence-corrected chi connectivity index (χ3v) is 3.74. The van der Waals surface area contributed by atoms with Gasteiger partial charge in [-0.1, -0.05) is 19.1 Å². The average molecular weight is 335 g/mol.